The molecule has 0 radical (unpaired) electrons. The lowest BCUT2D eigenvalue weighted by Crippen LogP contribution is -2.29. The zero-order valence-corrected chi connectivity index (χ0v) is 16.8. The van der Waals surface area contributed by atoms with Crippen LogP contribution < -0.4 is 5.56 Å². The normalized spacial score (nSPS) is 15.2. The van der Waals surface area contributed by atoms with Gasteiger partial charge in [0, 0.05) is 30.8 Å². The second kappa shape index (κ2) is 8.15. The molecule has 0 spiro atoms. The lowest BCUT2D eigenvalue weighted by molar-refractivity contribution is 0.0685. The Bertz CT molecular complexity index is 1310. The summed E-state index contributed by atoms with van der Waals surface area (Å²) >= 11 is 0. The maximum absolute atomic E-state index is 13.4. The lowest BCUT2D eigenvalue weighted by Gasteiger charge is -2.24. The van der Waals surface area contributed by atoms with E-state index in [4.69, 9.17) is 4.74 Å². The number of hydrogen-bond donors (Lipinski definition) is 0. The largest absolute Gasteiger partial charge is 0.381 e. The van der Waals surface area contributed by atoms with Crippen molar-refractivity contribution in [1.82, 2.24) is 14.5 Å². The Kier molecular flexibility index (Phi) is 5.19. The minimum absolute atomic E-state index is 0.0712. The predicted molar refractivity (Wildman–Crippen MR) is 115 cm³/mol. The zero-order valence-electron chi connectivity index (χ0n) is 16.8. The maximum Gasteiger partial charge on any atom is 0.280 e. The van der Waals surface area contributed by atoms with Crippen molar-refractivity contribution in [3.05, 3.63) is 82.2 Å². The fraction of sp³-hybridized carbons (Fsp3) is 0.292. The summed E-state index contributed by atoms with van der Waals surface area (Å²) in [4.78, 5) is 21.8. The average molecular weight is 421 g/mol. The summed E-state index contributed by atoms with van der Waals surface area (Å²) in [5.74, 6) is 0. The van der Waals surface area contributed by atoms with Crippen LogP contribution in [-0.4, -0.2) is 27.7 Å². The highest BCUT2D eigenvalue weighted by molar-refractivity contribution is 6.06. The lowest BCUT2D eigenvalue weighted by atomic mass is 9.96. The number of fused-ring (bicyclic) bond motifs is 3. The molecule has 3 heterocycles. The number of benzene rings is 2. The van der Waals surface area contributed by atoms with Crippen LogP contribution in [0.25, 0.3) is 21.7 Å². The molecular weight excluding hydrogens is 400 g/mol. The molecule has 0 atom stereocenters. The number of pyridine rings is 1. The molecule has 1 aliphatic heterocycles. The van der Waals surface area contributed by atoms with Gasteiger partial charge in [-0.15, -0.1) is 0 Å². The molecule has 2 aromatic heterocycles. The van der Waals surface area contributed by atoms with Crippen molar-refractivity contribution in [2.24, 2.45) is 0 Å². The summed E-state index contributed by atoms with van der Waals surface area (Å²) in [5.41, 5.74) is 1.97. The van der Waals surface area contributed by atoms with Gasteiger partial charge in [-0.2, -0.15) is 0 Å². The van der Waals surface area contributed by atoms with Gasteiger partial charge in [0.25, 0.3) is 12.0 Å². The van der Waals surface area contributed by atoms with Gasteiger partial charge in [-0.1, -0.05) is 24.3 Å². The van der Waals surface area contributed by atoms with Crippen molar-refractivity contribution < 1.29 is 13.5 Å². The van der Waals surface area contributed by atoms with Gasteiger partial charge in [0.1, 0.15) is 5.69 Å². The molecule has 1 saturated heterocycles. The monoisotopic (exact) mass is 421 g/mol. The Morgan fingerprint density at radius 3 is 2.58 bits per heavy atom. The Hall–Kier alpha value is -3.19. The van der Waals surface area contributed by atoms with E-state index in [-0.39, 0.29) is 17.3 Å². The van der Waals surface area contributed by atoms with Crippen LogP contribution in [0.2, 0.25) is 0 Å². The number of halogens is 2. The van der Waals surface area contributed by atoms with Crippen LogP contribution in [0.3, 0.4) is 0 Å². The van der Waals surface area contributed by atoms with Gasteiger partial charge in [-0.3, -0.25) is 14.3 Å². The van der Waals surface area contributed by atoms with E-state index >= 15 is 0 Å². The number of alkyl halides is 2. The van der Waals surface area contributed by atoms with Gasteiger partial charge in [0.2, 0.25) is 0 Å². The van der Waals surface area contributed by atoms with Crippen molar-refractivity contribution in [2.75, 3.05) is 13.2 Å². The molecule has 7 heteroatoms. The first-order valence-electron chi connectivity index (χ1n) is 10.3. The SMILES string of the molecule is O=c1c2cc(Cc3ccnc(C(F)F)c3)c3ccccc3c2ncn1C1CCOCC1. The summed E-state index contributed by atoms with van der Waals surface area (Å²) in [6.45, 7) is 1.26. The molecule has 0 saturated carbocycles. The molecule has 158 valence electrons. The van der Waals surface area contributed by atoms with Crippen LogP contribution in [-0.2, 0) is 11.2 Å². The Labute approximate surface area is 177 Å². The average Bonchev–Trinajstić information content (AvgIpc) is 2.80. The van der Waals surface area contributed by atoms with Crippen LogP contribution in [0.1, 0.15) is 42.1 Å². The Morgan fingerprint density at radius 2 is 1.81 bits per heavy atom. The first kappa shape index (κ1) is 19.8. The molecular formula is C24H21F2N3O2. The molecule has 1 fully saturated rings. The third-order valence-corrected chi connectivity index (χ3v) is 5.93. The molecule has 2 aromatic carbocycles. The van der Waals surface area contributed by atoms with Gasteiger partial charge in [-0.25, -0.2) is 13.8 Å². The summed E-state index contributed by atoms with van der Waals surface area (Å²) in [5, 5.41) is 2.39. The highest BCUT2D eigenvalue weighted by atomic mass is 19.3. The molecule has 5 rings (SSSR count). The molecule has 0 bridgehead atoms. The van der Waals surface area contributed by atoms with Gasteiger partial charge >= 0.3 is 0 Å². The van der Waals surface area contributed by atoms with Crippen molar-refractivity contribution in [1.29, 1.82) is 0 Å². The van der Waals surface area contributed by atoms with Crippen LogP contribution in [0.5, 0.6) is 0 Å². The quantitative estimate of drug-likeness (QED) is 0.443. The molecule has 0 N–H and O–H groups in total. The molecule has 0 amide bonds. The van der Waals surface area contributed by atoms with Gasteiger partial charge < -0.3 is 4.74 Å². The number of rotatable bonds is 4. The van der Waals surface area contributed by atoms with Gasteiger partial charge in [0.05, 0.1) is 17.2 Å². The molecule has 4 aromatic rings. The zero-order chi connectivity index (χ0) is 21.4. The van der Waals surface area contributed by atoms with Crippen LogP contribution in [0.4, 0.5) is 8.78 Å². The summed E-state index contributed by atoms with van der Waals surface area (Å²) < 4.78 is 33.3. The van der Waals surface area contributed by atoms with Crippen molar-refractivity contribution in [3.8, 4) is 0 Å². The van der Waals surface area contributed by atoms with Gasteiger partial charge in [-0.05, 0) is 54.0 Å². The second-order valence-electron chi connectivity index (χ2n) is 7.84. The smallest absolute Gasteiger partial charge is 0.280 e. The van der Waals surface area contributed by atoms with E-state index in [1.165, 1.54) is 12.3 Å². The highest BCUT2D eigenvalue weighted by Gasteiger charge is 2.19. The van der Waals surface area contributed by atoms with Crippen molar-refractivity contribution in [3.63, 3.8) is 0 Å². The molecule has 0 unspecified atom stereocenters. The van der Waals surface area contributed by atoms with E-state index in [0.29, 0.717) is 30.5 Å². The highest BCUT2D eigenvalue weighted by Crippen LogP contribution is 2.29. The molecule has 5 nitrogen and oxygen atoms in total. The summed E-state index contributed by atoms with van der Waals surface area (Å²) in [7, 11) is 0. The second-order valence-corrected chi connectivity index (χ2v) is 7.84. The van der Waals surface area contributed by atoms with Crippen LogP contribution >= 0.6 is 0 Å². The topological polar surface area (TPSA) is 57.0 Å². The molecule has 31 heavy (non-hydrogen) atoms. The Balaban J connectivity index is 1.67. The van der Waals surface area contributed by atoms with E-state index in [1.807, 2.05) is 30.3 Å². The minimum atomic E-state index is -2.62. The first-order chi connectivity index (χ1) is 15.1. The third-order valence-electron chi connectivity index (χ3n) is 5.93. The minimum Gasteiger partial charge on any atom is -0.381 e. The van der Waals surface area contributed by atoms with Crippen molar-refractivity contribution >= 4 is 21.7 Å². The summed E-state index contributed by atoms with van der Waals surface area (Å²) in [6, 6.07) is 12.9. The number of aromatic nitrogens is 3. The van der Waals surface area contributed by atoms with E-state index < -0.39 is 6.43 Å². The number of nitrogens with zero attached hydrogens (tertiary/aromatic N) is 3. The van der Waals surface area contributed by atoms with E-state index in [1.54, 1.807) is 17.0 Å². The van der Waals surface area contributed by atoms with Gasteiger partial charge in [0.15, 0.2) is 0 Å². The number of ether oxygens (including phenoxy) is 1. The number of hydrogen-bond acceptors (Lipinski definition) is 4. The van der Waals surface area contributed by atoms with Crippen LogP contribution in [0, 0.1) is 0 Å². The van der Waals surface area contributed by atoms with E-state index in [0.717, 1.165) is 34.7 Å². The van der Waals surface area contributed by atoms with Crippen LogP contribution in [0.15, 0.2) is 59.8 Å². The van der Waals surface area contributed by atoms with Crippen molar-refractivity contribution in [2.45, 2.75) is 31.7 Å². The molecule has 1 aliphatic rings. The third kappa shape index (κ3) is 3.70. The fourth-order valence-corrected chi connectivity index (χ4v) is 4.36. The molecule has 0 aliphatic carbocycles. The van der Waals surface area contributed by atoms with E-state index in [9.17, 15) is 13.6 Å². The van der Waals surface area contributed by atoms with E-state index in [2.05, 4.69) is 9.97 Å². The predicted octanol–water partition coefficient (Wildman–Crippen LogP) is 4.82. The Morgan fingerprint density at radius 1 is 1.03 bits per heavy atom. The fourth-order valence-electron chi connectivity index (χ4n) is 4.36. The summed E-state index contributed by atoms with van der Waals surface area (Å²) in [6.07, 6.45) is 2.40. The standard InChI is InChI=1S/C24H21F2N3O2/c25-23(26)21-12-15(5-8-27-21)11-16-13-20-22(19-4-2-1-3-18(16)19)28-14-29(24(20)30)17-6-9-31-10-7-17/h1-5,8,12-14,17,23H,6-7,9-11H2. The first-order valence-corrected chi connectivity index (χ1v) is 10.3. The maximum atomic E-state index is 13.4.